The van der Waals surface area contributed by atoms with Crippen LogP contribution in [0.1, 0.15) is 36.3 Å². The Kier molecular flexibility index (Phi) is 3.47. The van der Waals surface area contributed by atoms with Crippen LogP contribution in [0.25, 0.3) is 0 Å². The molecule has 0 aromatic carbocycles. The molecule has 0 amide bonds. The van der Waals surface area contributed by atoms with E-state index in [0.717, 1.165) is 36.5 Å². The van der Waals surface area contributed by atoms with Gasteiger partial charge in [0.1, 0.15) is 11.1 Å². The number of anilines is 1. The quantitative estimate of drug-likeness (QED) is 0.846. The van der Waals surface area contributed by atoms with Crippen LogP contribution in [-0.2, 0) is 13.0 Å². The fraction of sp³-hybridized carbons (Fsp3) is 0.583. The van der Waals surface area contributed by atoms with E-state index in [9.17, 15) is 5.26 Å². The summed E-state index contributed by atoms with van der Waals surface area (Å²) in [7, 11) is 0. The van der Waals surface area contributed by atoms with Crippen LogP contribution in [0.3, 0.4) is 0 Å². The molecule has 86 valence electrons. The van der Waals surface area contributed by atoms with E-state index in [4.69, 9.17) is 0 Å². The van der Waals surface area contributed by atoms with Gasteiger partial charge < -0.3 is 10.6 Å². The topological polar surface area (TPSA) is 47.9 Å². The summed E-state index contributed by atoms with van der Waals surface area (Å²) in [4.78, 5) is 1.33. The number of nitrogens with zero attached hydrogens (tertiary/aromatic N) is 1. The van der Waals surface area contributed by atoms with Gasteiger partial charge in [-0.3, -0.25) is 0 Å². The van der Waals surface area contributed by atoms with Crippen molar-refractivity contribution in [3.63, 3.8) is 0 Å². The van der Waals surface area contributed by atoms with E-state index in [2.05, 4.69) is 30.6 Å². The second-order valence-electron chi connectivity index (χ2n) is 4.20. The Hall–Kier alpha value is -1.05. The van der Waals surface area contributed by atoms with Crippen LogP contribution in [0.15, 0.2) is 0 Å². The van der Waals surface area contributed by atoms with Crippen molar-refractivity contribution in [1.29, 1.82) is 5.26 Å². The normalized spacial score (nSPS) is 16.3. The van der Waals surface area contributed by atoms with Crippen LogP contribution < -0.4 is 10.6 Å². The minimum absolute atomic E-state index is 0.431. The molecule has 0 saturated carbocycles. The summed E-state index contributed by atoms with van der Waals surface area (Å²) in [5.41, 5.74) is 2.14. The van der Waals surface area contributed by atoms with Gasteiger partial charge in [-0.05, 0) is 31.9 Å². The lowest BCUT2D eigenvalue weighted by Crippen LogP contribution is -2.22. The Morgan fingerprint density at radius 3 is 3.12 bits per heavy atom. The minimum Gasteiger partial charge on any atom is -0.373 e. The second kappa shape index (κ2) is 4.86. The molecule has 1 aliphatic rings. The van der Waals surface area contributed by atoms with E-state index in [-0.39, 0.29) is 0 Å². The molecule has 1 aromatic rings. The van der Waals surface area contributed by atoms with Gasteiger partial charge in [0.25, 0.3) is 0 Å². The molecule has 4 heteroatoms. The number of rotatable bonds is 3. The number of nitriles is 1. The molecule has 0 saturated heterocycles. The lowest BCUT2D eigenvalue weighted by Gasteiger charge is -2.12. The predicted octanol–water partition coefficient (Wildman–Crippen LogP) is 2.48. The van der Waals surface area contributed by atoms with Crippen molar-refractivity contribution >= 4 is 16.3 Å². The van der Waals surface area contributed by atoms with E-state index in [1.165, 1.54) is 10.4 Å². The van der Waals surface area contributed by atoms with Gasteiger partial charge in [0.15, 0.2) is 0 Å². The summed E-state index contributed by atoms with van der Waals surface area (Å²) in [6.45, 7) is 6.20. The summed E-state index contributed by atoms with van der Waals surface area (Å²) < 4.78 is 0. The van der Waals surface area contributed by atoms with Crippen LogP contribution in [0.4, 0.5) is 5.00 Å². The SMILES string of the molecule is CCC(C)Nc1sc2c(c1C#N)CCNC2. The standard InChI is InChI=1S/C12H17N3S/c1-3-8(2)15-12-10(6-13)9-4-5-14-7-11(9)16-12/h8,14-15H,3-5,7H2,1-2H3. The molecule has 2 heterocycles. The first-order chi connectivity index (χ1) is 7.76. The van der Waals surface area contributed by atoms with Gasteiger partial charge in [-0.2, -0.15) is 5.26 Å². The Balaban J connectivity index is 2.31. The Morgan fingerprint density at radius 2 is 2.44 bits per heavy atom. The zero-order chi connectivity index (χ0) is 11.5. The summed E-state index contributed by atoms with van der Waals surface area (Å²) in [6, 6.07) is 2.78. The first-order valence-corrected chi connectivity index (χ1v) is 6.59. The van der Waals surface area contributed by atoms with Gasteiger partial charge in [0.05, 0.1) is 5.56 Å². The van der Waals surface area contributed by atoms with E-state index in [1.807, 2.05) is 0 Å². The highest BCUT2D eigenvalue weighted by Gasteiger charge is 2.20. The maximum atomic E-state index is 9.25. The number of nitrogens with one attached hydrogen (secondary N) is 2. The Bertz CT molecular complexity index is 417. The molecule has 1 unspecified atom stereocenters. The molecule has 1 aliphatic heterocycles. The van der Waals surface area contributed by atoms with E-state index < -0.39 is 0 Å². The average molecular weight is 235 g/mol. The lowest BCUT2D eigenvalue weighted by molar-refractivity contribution is 0.654. The third-order valence-electron chi connectivity index (χ3n) is 3.03. The molecular weight excluding hydrogens is 218 g/mol. The first kappa shape index (κ1) is 11.4. The smallest absolute Gasteiger partial charge is 0.107 e. The van der Waals surface area contributed by atoms with Crippen molar-refractivity contribution < 1.29 is 0 Å². The summed E-state index contributed by atoms with van der Waals surface area (Å²) in [6.07, 6.45) is 2.06. The Morgan fingerprint density at radius 1 is 1.62 bits per heavy atom. The highest BCUT2D eigenvalue weighted by Crippen LogP contribution is 2.35. The zero-order valence-corrected chi connectivity index (χ0v) is 10.6. The van der Waals surface area contributed by atoms with Crippen molar-refractivity contribution in [2.24, 2.45) is 0 Å². The molecule has 16 heavy (non-hydrogen) atoms. The monoisotopic (exact) mass is 235 g/mol. The molecular formula is C12H17N3S. The number of hydrogen-bond acceptors (Lipinski definition) is 4. The van der Waals surface area contributed by atoms with Crippen molar-refractivity contribution in [2.45, 2.75) is 39.3 Å². The highest BCUT2D eigenvalue weighted by atomic mass is 32.1. The van der Waals surface area contributed by atoms with Crippen LogP contribution in [0, 0.1) is 11.3 Å². The molecule has 0 radical (unpaired) electrons. The number of thiophene rings is 1. The largest absolute Gasteiger partial charge is 0.373 e. The van der Waals surface area contributed by atoms with Gasteiger partial charge in [-0.1, -0.05) is 6.92 Å². The van der Waals surface area contributed by atoms with Crippen LogP contribution in [0.5, 0.6) is 0 Å². The molecule has 2 N–H and O–H groups in total. The average Bonchev–Trinajstić information content (AvgIpc) is 2.65. The van der Waals surface area contributed by atoms with Crippen LogP contribution in [0.2, 0.25) is 0 Å². The highest BCUT2D eigenvalue weighted by molar-refractivity contribution is 7.16. The van der Waals surface area contributed by atoms with E-state index in [0.29, 0.717) is 6.04 Å². The molecule has 2 rings (SSSR count). The van der Waals surface area contributed by atoms with Crippen molar-refractivity contribution in [2.75, 3.05) is 11.9 Å². The second-order valence-corrected chi connectivity index (χ2v) is 5.31. The zero-order valence-electron chi connectivity index (χ0n) is 9.76. The van der Waals surface area contributed by atoms with E-state index >= 15 is 0 Å². The van der Waals surface area contributed by atoms with Crippen LogP contribution >= 0.6 is 11.3 Å². The van der Waals surface area contributed by atoms with E-state index in [1.54, 1.807) is 11.3 Å². The molecule has 3 nitrogen and oxygen atoms in total. The predicted molar refractivity (Wildman–Crippen MR) is 67.8 cm³/mol. The third kappa shape index (κ3) is 2.06. The first-order valence-electron chi connectivity index (χ1n) is 5.78. The molecule has 1 atom stereocenters. The molecule has 0 fully saturated rings. The van der Waals surface area contributed by atoms with Gasteiger partial charge in [-0.25, -0.2) is 0 Å². The van der Waals surface area contributed by atoms with Crippen molar-refractivity contribution in [1.82, 2.24) is 5.32 Å². The molecule has 0 spiro atoms. The number of fused-ring (bicyclic) bond motifs is 1. The van der Waals surface area contributed by atoms with Gasteiger partial charge >= 0.3 is 0 Å². The maximum Gasteiger partial charge on any atom is 0.107 e. The summed E-state index contributed by atoms with van der Waals surface area (Å²) in [5.74, 6) is 0. The fourth-order valence-corrected chi connectivity index (χ4v) is 3.16. The van der Waals surface area contributed by atoms with Gasteiger partial charge in [0, 0.05) is 17.5 Å². The Labute approximate surface area is 100 Å². The summed E-state index contributed by atoms with van der Waals surface area (Å²) in [5, 5.41) is 17.1. The third-order valence-corrected chi connectivity index (χ3v) is 4.19. The van der Waals surface area contributed by atoms with Crippen molar-refractivity contribution in [3.05, 3.63) is 16.0 Å². The van der Waals surface area contributed by atoms with Gasteiger partial charge in [0.2, 0.25) is 0 Å². The number of hydrogen-bond donors (Lipinski definition) is 2. The minimum atomic E-state index is 0.431. The molecule has 1 aromatic heterocycles. The fourth-order valence-electron chi connectivity index (χ4n) is 1.88. The molecule has 0 aliphatic carbocycles. The maximum absolute atomic E-state index is 9.25. The van der Waals surface area contributed by atoms with Crippen molar-refractivity contribution in [3.8, 4) is 6.07 Å². The molecule has 0 bridgehead atoms. The summed E-state index contributed by atoms with van der Waals surface area (Å²) >= 11 is 1.73. The van der Waals surface area contributed by atoms with Gasteiger partial charge in [-0.15, -0.1) is 11.3 Å². The lowest BCUT2D eigenvalue weighted by atomic mass is 10.0. The van der Waals surface area contributed by atoms with Crippen LogP contribution in [-0.4, -0.2) is 12.6 Å².